The Kier molecular flexibility index (Phi) is 8.04. The second kappa shape index (κ2) is 10.7. The molecule has 0 bridgehead atoms. The number of rotatable bonds is 10. The van der Waals surface area contributed by atoms with Crippen LogP contribution < -0.4 is 10.1 Å². The third-order valence-corrected chi connectivity index (χ3v) is 4.15. The number of esters is 1. The lowest BCUT2D eigenvalue weighted by molar-refractivity contribution is -0.385. The van der Waals surface area contributed by atoms with Crippen molar-refractivity contribution in [3.8, 4) is 5.75 Å². The first-order valence-corrected chi connectivity index (χ1v) is 9.18. The van der Waals surface area contributed by atoms with Crippen LogP contribution in [-0.4, -0.2) is 36.3 Å². The minimum atomic E-state index is -0.663. The molecule has 2 rings (SSSR count). The number of nitrogens with zero attached hydrogens (tertiary/aromatic N) is 1. The van der Waals surface area contributed by atoms with E-state index in [-0.39, 0.29) is 42.2 Å². The molecule has 0 aliphatic carbocycles. The summed E-state index contributed by atoms with van der Waals surface area (Å²) in [6.07, 6.45) is 0.359. The molecule has 0 atom stereocenters. The number of hydrogen-bond acceptors (Lipinski definition) is 7. The molecule has 0 saturated heterocycles. The van der Waals surface area contributed by atoms with Crippen LogP contribution in [0.2, 0.25) is 0 Å². The highest BCUT2D eigenvalue weighted by Gasteiger charge is 2.19. The topological polar surface area (TPSA) is 125 Å². The Morgan fingerprint density at radius 2 is 1.87 bits per heavy atom. The summed E-state index contributed by atoms with van der Waals surface area (Å²) in [7, 11) is 1.28. The number of amides is 1. The van der Waals surface area contributed by atoms with Gasteiger partial charge in [0.15, 0.2) is 12.4 Å². The van der Waals surface area contributed by atoms with E-state index >= 15 is 0 Å². The highest BCUT2D eigenvalue weighted by Crippen LogP contribution is 2.27. The van der Waals surface area contributed by atoms with Crippen molar-refractivity contribution in [2.24, 2.45) is 0 Å². The third-order valence-electron chi connectivity index (χ3n) is 4.15. The minimum Gasteiger partial charge on any atom is -0.490 e. The van der Waals surface area contributed by atoms with E-state index in [0.717, 1.165) is 11.6 Å². The maximum absolute atomic E-state index is 12.1. The quantitative estimate of drug-likeness (QED) is 0.273. The molecular weight excluding hydrogens is 392 g/mol. The molecule has 0 unspecified atom stereocenters. The van der Waals surface area contributed by atoms with Crippen LogP contribution in [0.4, 0.5) is 11.4 Å². The van der Waals surface area contributed by atoms with E-state index in [9.17, 15) is 24.5 Å². The van der Waals surface area contributed by atoms with Crippen LogP contribution in [0.25, 0.3) is 0 Å². The lowest BCUT2D eigenvalue weighted by Crippen LogP contribution is -2.15. The van der Waals surface area contributed by atoms with Gasteiger partial charge in [0.25, 0.3) is 0 Å². The number of carbonyl (C=O) groups excluding carboxylic acids is 3. The monoisotopic (exact) mass is 414 g/mol. The molecule has 0 aliphatic rings. The van der Waals surface area contributed by atoms with Crippen LogP contribution in [0.15, 0.2) is 42.5 Å². The van der Waals surface area contributed by atoms with Gasteiger partial charge < -0.3 is 14.8 Å². The zero-order valence-electron chi connectivity index (χ0n) is 16.7. The van der Waals surface area contributed by atoms with Gasteiger partial charge >= 0.3 is 11.7 Å². The number of anilines is 1. The van der Waals surface area contributed by atoms with Crippen molar-refractivity contribution in [3.63, 3.8) is 0 Å². The average Bonchev–Trinajstić information content (AvgIpc) is 2.71. The average molecular weight is 414 g/mol. The molecule has 0 fully saturated rings. The molecule has 0 heterocycles. The standard InChI is InChI=1S/C21H22N2O7/c1-14-5-3-6-16(11-14)22-20(25)7-4-8-21(26)30-13-18(24)15-9-10-19(29-2)17(12-15)23(27)28/h3,5-6,9-12H,4,7-8,13H2,1-2H3,(H,22,25). The second-order valence-electron chi connectivity index (χ2n) is 6.50. The number of nitro groups is 1. The van der Waals surface area contributed by atoms with Crippen molar-refractivity contribution < 1.29 is 28.8 Å². The predicted octanol–water partition coefficient (Wildman–Crippen LogP) is 3.45. The zero-order chi connectivity index (χ0) is 22.1. The summed E-state index contributed by atoms with van der Waals surface area (Å²) in [6, 6.07) is 11.1. The Bertz CT molecular complexity index is 956. The molecule has 0 spiro atoms. The normalized spacial score (nSPS) is 10.2. The molecule has 9 nitrogen and oxygen atoms in total. The predicted molar refractivity (Wildman–Crippen MR) is 109 cm³/mol. The van der Waals surface area contributed by atoms with Gasteiger partial charge in [-0.2, -0.15) is 0 Å². The molecule has 0 radical (unpaired) electrons. The van der Waals surface area contributed by atoms with Gasteiger partial charge in [0.1, 0.15) is 0 Å². The number of hydrogen-bond donors (Lipinski definition) is 1. The van der Waals surface area contributed by atoms with E-state index in [4.69, 9.17) is 9.47 Å². The summed E-state index contributed by atoms with van der Waals surface area (Å²) in [6.45, 7) is 1.37. The van der Waals surface area contributed by atoms with Crippen LogP contribution in [0.5, 0.6) is 5.75 Å². The summed E-state index contributed by atoms with van der Waals surface area (Å²) < 4.78 is 9.79. The molecular formula is C21H22N2O7. The number of aryl methyl sites for hydroxylation is 1. The fourth-order valence-corrected chi connectivity index (χ4v) is 2.65. The number of ether oxygens (including phenoxy) is 2. The molecule has 30 heavy (non-hydrogen) atoms. The molecule has 2 aromatic carbocycles. The van der Waals surface area contributed by atoms with Crippen molar-refractivity contribution in [1.82, 2.24) is 0 Å². The SMILES string of the molecule is COc1ccc(C(=O)COC(=O)CCCC(=O)Nc2cccc(C)c2)cc1[N+](=O)[O-]. The maximum Gasteiger partial charge on any atom is 0.311 e. The smallest absolute Gasteiger partial charge is 0.311 e. The molecule has 2 aromatic rings. The molecule has 0 saturated carbocycles. The van der Waals surface area contributed by atoms with Crippen LogP contribution >= 0.6 is 0 Å². The van der Waals surface area contributed by atoms with Gasteiger partial charge in [-0.15, -0.1) is 0 Å². The Hall–Kier alpha value is -3.75. The van der Waals surface area contributed by atoms with Crippen LogP contribution in [0.1, 0.15) is 35.2 Å². The van der Waals surface area contributed by atoms with E-state index in [1.165, 1.54) is 19.2 Å². The van der Waals surface area contributed by atoms with E-state index < -0.39 is 23.3 Å². The molecule has 1 N–H and O–H groups in total. The van der Waals surface area contributed by atoms with E-state index in [2.05, 4.69) is 5.32 Å². The number of Topliss-reactive ketones (excluding diaryl/α,β-unsaturated/α-hetero) is 1. The summed E-state index contributed by atoms with van der Waals surface area (Å²) in [4.78, 5) is 46.2. The van der Waals surface area contributed by atoms with Crippen molar-refractivity contribution in [2.75, 3.05) is 19.0 Å². The van der Waals surface area contributed by atoms with Crippen molar-refractivity contribution in [2.45, 2.75) is 26.2 Å². The molecule has 9 heteroatoms. The van der Waals surface area contributed by atoms with Gasteiger partial charge in [0.2, 0.25) is 11.7 Å². The first kappa shape index (κ1) is 22.5. The Morgan fingerprint density at radius 3 is 2.53 bits per heavy atom. The Balaban J connectivity index is 1.76. The van der Waals surface area contributed by atoms with Crippen molar-refractivity contribution >= 4 is 29.0 Å². The number of ketones is 1. The highest BCUT2D eigenvalue weighted by molar-refractivity contribution is 5.98. The number of nitrogens with one attached hydrogen (secondary N) is 1. The van der Waals surface area contributed by atoms with Crippen molar-refractivity contribution in [1.29, 1.82) is 0 Å². The lowest BCUT2D eigenvalue weighted by atomic mass is 10.1. The Morgan fingerprint density at radius 1 is 1.10 bits per heavy atom. The van der Waals surface area contributed by atoms with Crippen molar-refractivity contribution in [3.05, 3.63) is 63.7 Å². The molecule has 0 aromatic heterocycles. The van der Waals surface area contributed by atoms with Crippen LogP contribution in [0, 0.1) is 17.0 Å². The van der Waals surface area contributed by atoms with E-state index in [1.807, 2.05) is 25.1 Å². The van der Waals surface area contributed by atoms with E-state index in [1.54, 1.807) is 6.07 Å². The summed E-state index contributed by atoms with van der Waals surface area (Å²) in [5, 5.41) is 13.8. The van der Waals surface area contributed by atoms with Gasteiger partial charge in [0, 0.05) is 30.2 Å². The van der Waals surface area contributed by atoms with E-state index in [0.29, 0.717) is 5.69 Å². The first-order chi connectivity index (χ1) is 14.3. The minimum absolute atomic E-state index is 0.0254. The fourth-order valence-electron chi connectivity index (χ4n) is 2.65. The summed E-state index contributed by atoms with van der Waals surface area (Å²) in [5.41, 5.74) is 1.38. The Labute approximate surface area is 173 Å². The highest BCUT2D eigenvalue weighted by atomic mass is 16.6. The van der Waals surface area contributed by atoms with Gasteiger partial charge in [-0.1, -0.05) is 12.1 Å². The van der Waals surface area contributed by atoms with Crippen LogP contribution in [-0.2, 0) is 14.3 Å². The van der Waals surface area contributed by atoms with Gasteiger partial charge in [-0.25, -0.2) is 0 Å². The first-order valence-electron chi connectivity index (χ1n) is 9.18. The zero-order valence-corrected chi connectivity index (χ0v) is 16.7. The largest absolute Gasteiger partial charge is 0.490 e. The number of carbonyl (C=O) groups is 3. The summed E-state index contributed by atoms with van der Waals surface area (Å²) in [5.74, 6) is -1.41. The fraction of sp³-hybridized carbons (Fsp3) is 0.286. The molecule has 0 aliphatic heterocycles. The number of methoxy groups -OCH3 is 1. The number of benzene rings is 2. The molecule has 158 valence electrons. The second-order valence-corrected chi connectivity index (χ2v) is 6.50. The van der Waals surface area contributed by atoms with Gasteiger partial charge in [-0.3, -0.25) is 24.5 Å². The van der Waals surface area contributed by atoms with Crippen LogP contribution in [0.3, 0.4) is 0 Å². The third kappa shape index (κ3) is 6.69. The maximum atomic E-state index is 12.1. The number of nitro benzene ring substituents is 1. The summed E-state index contributed by atoms with van der Waals surface area (Å²) >= 11 is 0. The van der Waals surface area contributed by atoms with Gasteiger partial charge in [-0.05, 0) is 43.2 Å². The molecule has 1 amide bonds. The lowest BCUT2D eigenvalue weighted by Gasteiger charge is -2.07. The van der Waals surface area contributed by atoms with Gasteiger partial charge in [0.05, 0.1) is 12.0 Å².